The molecule has 0 saturated heterocycles. The second kappa shape index (κ2) is 6.95. The number of benzene rings is 3. The Morgan fingerprint density at radius 1 is 0.972 bits per heavy atom. The summed E-state index contributed by atoms with van der Waals surface area (Å²) in [5, 5.41) is 5.53. The van der Waals surface area contributed by atoms with Gasteiger partial charge in [-0.05, 0) is 25.5 Å². The fourth-order valence-corrected chi connectivity index (χ4v) is 6.49. The van der Waals surface area contributed by atoms with Crippen LogP contribution < -0.4 is 11.1 Å². The monoisotopic (exact) mass is 480 g/mol. The summed E-state index contributed by atoms with van der Waals surface area (Å²) in [5.74, 6) is -1.36. The molecule has 2 aliphatic heterocycles. The van der Waals surface area contributed by atoms with Gasteiger partial charge in [0.05, 0.1) is 34.3 Å². The molecule has 2 aliphatic rings. The third kappa shape index (κ3) is 2.30. The number of carbonyl (C=O) groups excluding carboxylic acids is 3. The Labute approximate surface area is 205 Å². The molecule has 8 nitrogen and oxygen atoms in total. The lowest BCUT2D eigenvalue weighted by atomic mass is 9.96. The van der Waals surface area contributed by atoms with E-state index in [9.17, 15) is 14.4 Å². The molecule has 0 aliphatic carbocycles. The van der Waals surface area contributed by atoms with Crippen molar-refractivity contribution in [3.05, 3.63) is 59.7 Å². The predicted molar refractivity (Wildman–Crippen MR) is 137 cm³/mol. The normalized spacial score (nSPS) is 21.0. The van der Waals surface area contributed by atoms with E-state index in [4.69, 9.17) is 10.5 Å². The molecule has 2 aromatic heterocycles. The summed E-state index contributed by atoms with van der Waals surface area (Å²) >= 11 is 0. The van der Waals surface area contributed by atoms with Gasteiger partial charge in [0, 0.05) is 39.5 Å². The first-order chi connectivity index (χ1) is 17.4. The van der Waals surface area contributed by atoms with Gasteiger partial charge in [0.2, 0.25) is 0 Å². The summed E-state index contributed by atoms with van der Waals surface area (Å²) in [6, 6.07) is 15.3. The van der Waals surface area contributed by atoms with Gasteiger partial charge in [-0.1, -0.05) is 43.3 Å². The van der Waals surface area contributed by atoms with Gasteiger partial charge in [-0.3, -0.25) is 20.6 Å². The van der Waals surface area contributed by atoms with Gasteiger partial charge in [-0.2, -0.15) is 0 Å². The van der Waals surface area contributed by atoms with Crippen LogP contribution in [0.4, 0.5) is 0 Å². The number of hydrogen-bond acceptors (Lipinski definition) is 5. The average Bonchev–Trinajstić information content (AvgIpc) is 3.47. The number of hydrogen-bond donors (Lipinski definition) is 2. The van der Waals surface area contributed by atoms with E-state index in [1.54, 1.807) is 6.92 Å². The number of fused-ring (bicyclic) bond motifs is 9. The molecule has 3 aromatic carbocycles. The summed E-state index contributed by atoms with van der Waals surface area (Å²) in [6.07, 6.45) is 1.00. The minimum absolute atomic E-state index is 0.151. The van der Waals surface area contributed by atoms with Gasteiger partial charge in [0.25, 0.3) is 11.8 Å². The number of nitrogens with one attached hydrogen (secondary N) is 1. The molecule has 7 rings (SSSR count). The van der Waals surface area contributed by atoms with Gasteiger partial charge < -0.3 is 13.9 Å². The van der Waals surface area contributed by atoms with Crippen LogP contribution in [0.2, 0.25) is 0 Å². The van der Waals surface area contributed by atoms with Crippen LogP contribution in [-0.2, 0) is 15.2 Å². The van der Waals surface area contributed by atoms with E-state index in [-0.39, 0.29) is 12.6 Å². The number of nitrogens with zero attached hydrogens (tertiary/aromatic N) is 2. The molecule has 3 N–H and O–H groups in total. The Balaban J connectivity index is 1.86. The van der Waals surface area contributed by atoms with Crippen molar-refractivity contribution in [2.75, 3.05) is 6.61 Å². The highest BCUT2D eigenvalue weighted by Crippen LogP contribution is 2.50. The number of amides is 2. The van der Waals surface area contributed by atoms with E-state index in [2.05, 4.69) is 16.8 Å². The van der Waals surface area contributed by atoms with Crippen molar-refractivity contribution < 1.29 is 19.1 Å². The first-order valence-corrected chi connectivity index (χ1v) is 12.3. The zero-order valence-electron chi connectivity index (χ0n) is 19.9. The highest BCUT2D eigenvalue weighted by molar-refractivity contribution is 6.39. The lowest BCUT2D eigenvalue weighted by molar-refractivity contribution is -0.154. The fraction of sp³-hybridized carbons (Fsp3) is 0.250. The number of ether oxygens (including phenoxy) is 1. The summed E-state index contributed by atoms with van der Waals surface area (Å²) < 4.78 is 9.62. The molecule has 36 heavy (non-hydrogen) atoms. The lowest BCUT2D eigenvalue weighted by Gasteiger charge is -2.32. The molecule has 8 heteroatoms. The average molecular weight is 481 g/mol. The van der Waals surface area contributed by atoms with Crippen molar-refractivity contribution in [3.8, 4) is 0 Å². The topological polar surface area (TPSA) is 108 Å². The van der Waals surface area contributed by atoms with E-state index in [0.717, 1.165) is 27.3 Å². The highest BCUT2D eigenvalue weighted by atomic mass is 16.5. The number of carbonyl (C=O) groups is 3. The summed E-state index contributed by atoms with van der Waals surface area (Å²) in [6.45, 7) is 4.03. The first kappa shape index (κ1) is 21.1. The van der Waals surface area contributed by atoms with Gasteiger partial charge in [0.15, 0.2) is 5.66 Å². The van der Waals surface area contributed by atoms with Crippen LogP contribution in [0.5, 0.6) is 0 Å². The molecule has 5 aromatic rings. The van der Waals surface area contributed by atoms with Crippen molar-refractivity contribution in [2.24, 2.45) is 5.73 Å². The van der Waals surface area contributed by atoms with Crippen LogP contribution in [0.3, 0.4) is 0 Å². The van der Waals surface area contributed by atoms with Crippen molar-refractivity contribution >= 4 is 61.4 Å². The smallest absolute Gasteiger partial charge is 0.347 e. The minimum atomic E-state index is -1.52. The van der Waals surface area contributed by atoms with Crippen LogP contribution in [0, 0.1) is 0 Å². The van der Waals surface area contributed by atoms with Crippen molar-refractivity contribution in [2.45, 2.75) is 38.4 Å². The summed E-state index contributed by atoms with van der Waals surface area (Å²) in [5.41, 5.74) is 9.45. The number of para-hydroxylation sites is 2. The number of esters is 1. The van der Waals surface area contributed by atoms with Crippen LogP contribution in [0.15, 0.2) is 48.5 Å². The van der Waals surface area contributed by atoms with Crippen LogP contribution in [0.25, 0.3) is 43.6 Å². The second-order valence-electron chi connectivity index (χ2n) is 9.63. The number of nitrogens with two attached hydrogens (primary N) is 1. The lowest BCUT2D eigenvalue weighted by Crippen LogP contribution is -2.52. The third-order valence-electron chi connectivity index (χ3n) is 7.85. The van der Waals surface area contributed by atoms with E-state index < -0.39 is 23.4 Å². The van der Waals surface area contributed by atoms with Crippen molar-refractivity contribution in [1.29, 1.82) is 0 Å². The molecule has 0 fully saturated rings. The van der Waals surface area contributed by atoms with E-state index in [1.807, 2.05) is 53.1 Å². The molecular formula is C28H24N4O4. The Morgan fingerprint density at radius 3 is 2.19 bits per heavy atom. The molecule has 0 spiro atoms. The van der Waals surface area contributed by atoms with E-state index >= 15 is 0 Å². The number of aromatic nitrogens is 2. The molecule has 0 saturated carbocycles. The maximum Gasteiger partial charge on any atom is 0.347 e. The standard InChI is InChI=1S/C28H24N4O4/c1-3-14-13-28(29,27(35)36-4-2)32-18-12-8-6-10-16(18)20-22-21(25(33)30-26(22)34)19-15-9-5-7-11-17(15)31(14)23(19)24(20)32/h5-12,14H,3-4,13,29H2,1-2H3,(H,30,33,34). The minimum Gasteiger partial charge on any atom is -0.463 e. The molecule has 2 atom stereocenters. The molecule has 180 valence electrons. The van der Waals surface area contributed by atoms with Crippen molar-refractivity contribution in [3.63, 3.8) is 0 Å². The number of rotatable bonds is 3. The number of imide groups is 1. The predicted octanol–water partition coefficient (Wildman–Crippen LogP) is 4.32. The van der Waals surface area contributed by atoms with Crippen LogP contribution >= 0.6 is 0 Å². The Hall–Kier alpha value is -4.17. The van der Waals surface area contributed by atoms with Gasteiger partial charge in [0.1, 0.15) is 0 Å². The van der Waals surface area contributed by atoms with Gasteiger partial charge in [-0.25, -0.2) is 4.79 Å². The highest BCUT2D eigenvalue weighted by Gasteiger charge is 2.47. The largest absolute Gasteiger partial charge is 0.463 e. The quantitative estimate of drug-likeness (QED) is 0.295. The Morgan fingerprint density at radius 2 is 1.56 bits per heavy atom. The molecular weight excluding hydrogens is 456 g/mol. The first-order valence-electron chi connectivity index (χ1n) is 12.3. The summed E-state index contributed by atoms with van der Waals surface area (Å²) in [4.78, 5) is 40.1. The van der Waals surface area contributed by atoms with E-state index in [1.165, 1.54) is 0 Å². The zero-order chi connectivity index (χ0) is 24.9. The summed E-state index contributed by atoms with van der Waals surface area (Å²) in [7, 11) is 0. The maximum absolute atomic E-state index is 13.6. The second-order valence-corrected chi connectivity index (χ2v) is 9.63. The molecule has 2 amide bonds. The fourth-order valence-electron chi connectivity index (χ4n) is 6.49. The molecule has 4 heterocycles. The maximum atomic E-state index is 13.6. The third-order valence-corrected chi connectivity index (χ3v) is 7.85. The molecule has 0 bridgehead atoms. The Kier molecular flexibility index (Phi) is 4.08. The van der Waals surface area contributed by atoms with Gasteiger partial charge in [-0.15, -0.1) is 0 Å². The van der Waals surface area contributed by atoms with E-state index in [0.29, 0.717) is 40.3 Å². The zero-order valence-corrected chi connectivity index (χ0v) is 19.9. The molecule has 0 radical (unpaired) electrons. The van der Waals surface area contributed by atoms with Crippen molar-refractivity contribution in [1.82, 2.24) is 14.5 Å². The van der Waals surface area contributed by atoms with Crippen LogP contribution in [0.1, 0.15) is 53.4 Å². The van der Waals surface area contributed by atoms with Gasteiger partial charge >= 0.3 is 5.97 Å². The SMILES string of the molecule is CCOC(=O)C1(N)CC(CC)n2c3ccccc3c3c4c(c5c6ccccc6n1c5c32)C(=O)NC4=O. The van der Waals surface area contributed by atoms with Crippen LogP contribution in [-0.4, -0.2) is 33.5 Å². The Bertz CT molecular complexity index is 1830. The molecule has 2 unspecified atom stereocenters.